The molecule has 8 nitrogen and oxygen atoms in total. The van der Waals surface area contributed by atoms with Crippen LogP contribution in [-0.2, 0) is 0 Å². The molecule has 36 heavy (non-hydrogen) atoms. The van der Waals surface area contributed by atoms with Gasteiger partial charge in [0.1, 0.15) is 23.1 Å². The summed E-state index contributed by atoms with van der Waals surface area (Å²) in [6.07, 6.45) is 3.05. The summed E-state index contributed by atoms with van der Waals surface area (Å²) in [4.78, 5) is 7.84. The number of halogens is 3. The van der Waals surface area contributed by atoms with Crippen LogP contribution in [-0.4, -0.2) is 41.4 Å². The van der Waals surface area contributed by atoms with Gasteiger partial charge in [-0.1, -0.05) is 59.6 Å². The Bertz CT molecular complexity index is 1280. The summed E-state index contributed by atoms with van der Waals surface area (Å²) in [6.45, 7) is 0. The molecule has 188 valence electrons. The predicted molar refractivity (Wildman–Crippen MR) is 155 cm³/mol. The number of benzene rings is 2. The summed E-state index contributed by atoms with van der Waals surface area (Å²) in [5, 5.41) is 18.8. The molecule has 4 aromatic rings. The Morgan fingerprint density at radius 3 is 1.83 bits per heavy atom. The van der Waals surface area contributed by atoms with Crippen molar-refractivity contribution in [2.75, 3.05) is 25.7 Å². The Morgan fingerprint density at radius 1 is 0.778 bits per heavy atom. The number of ether oxygens (including phenoxy) is 2. The fraction of sp³-hybridized carbons (Fsp3) is 0.0833. The van der Waals surface area contributed by atoms with Crippen LogP contribution in [0.15, 0.2) is 73.1 Å². The maximum atomic E-state index is 8.81. The van der Waals surface area contributed by atoms with Gasteiger partial charge in [-0.25, -0.2) is 9.97 Å². The van der Waals surface area contributed by atoms with Crippen LogP contribution in [0.3, 0.4) is 0 Å². The molecule has 4 rings (SSSR count). The third-order valence-electron chi connectivity index (χ3n) is 4.54. The normalized spacial score (nSPS) is 9.75. The molecule has 0 saturated carbocycles. The van der Waals surface area contributed by atoms with E-state index < -0.39 is 7.12 Å². The quantitative estimate of drug-likeness (QED) is 0.192. The second-order valence-electron chi connectivity index (χ2n) is 6.92. The van der Waals surface area contributed by atoms with Crippen molar-refractivity contribution in [2.45, 2.75) is 0 Å². The van der Waals surface area contributed by atoms with Gasteiger partial charge in [-0.3, -0.25) is 0 Å². The highest BCUT2D eigenvalue weighted by Gasteiger charge is 2.15. The molecule has 0 bridgehead atoms. The van der Waals surface area contributed by atoms with Gasteiger partial charge in [0.25, 0.3) is 0 Å². The van der Waals surface area contributed by atoms with Gasteiger partial charge in [0.05, 0.1) is 27.8 Å². The first-order valence-electron chi connectivity index (χ1n) is 10.3. The highest BCUT2D eigenvalue weighted by atomic mass is 127. The number of methoxy groups -OCH3 is 2. The fourth-order valence-electron chi connectivity index (χ4n) is 2.84. The van der Waals surface area contributed by atoms with Gasteiger partial charge in [-0.05, 0) is 46.9 Å². The number of pyridine rings is 2. The predicted octanol–water partition coefficient (Wildman–Crippen LogP) is 4.29. The van der Waals surface area contributed by atoms with Crippen molar-refractivity contribution in [2.24, 2.45) is 0 Å². The number of nitrogens with two attached hydrogens (primary N) is 2. The monoisotopic (exact) mass is 640 g/mol. The van der Waals surface area contributed by atoms with Gasteiger partial charge in [0.2, 0.25) is 0 Å². The molecule has 0 saturated heterocycles. The van der Waals surface area contributed by atoms with Crippen LogP contribution in [0, 0.1) is 3.57 Å². The molecule has 2 aromatic heterocycles. The summed E-state index contributed by atoms with van der Waals surface area (Å²) in [5.74, 6) is 2.20. The number of anilines is 2. The summed E-state index contributed by atoms with van der Waals surface area (Å²) < 4.78 is 11.0. The van der Waals surface area contributed by atoms with Crippen molar-refractivity contribution < 1.29 is 19.5 Å². The molecule has 0 spiro atoms. The van der Waals surface area contributed by atoms with Crippen molar-refractivity contribution in [3.05, 3.63) is 86.7 Å². The number of hydrogen-bond acceptors (Lipinski definition) is 8. The smallest absolute Gasteiger partial charge is 0.492 e. The Balaban J connectivity index is 0.000000200. The Morgan fingerprint density at radius 2 is 1.31 bits per heavy atom. The average Bonchev–Trinajstić information content (AvgIpc) is 2.88. The molecule has 2 heterocycles. The zero-order valence-electron chi connectivity index (χ0n) is 19.4. The molecule has 0 aliphatic heterocycles. The van der Waals surface area contributed by atoms with Crippen LogP contribution < -0.4 is 26.4 Å². The van der Waals surface area contributed by atoms with E-state index in [9.17, 15) is 0 Å². The SMILES string of the molecule is COc1ccccc1-c1cc(Cl)cnc1N.COc1ccccc1B(O)O.Nc1ncc(Cl)cc1I. The lowest BCUT2D eigenvalue weighted by Crippen LogP contribution is -2.30. The van der Waals surface area contributed by atoms with Gasteiger partial charge in [-0.15, -0.1) is 0 Å². The van der Waals surface area contributed by atoms with Crippen LogP contribution in [0.25, 0.3) is 11.1 Å². The number of nitrogens with zero attached hydrogens (tertiary/aromatic N) is 2. The maximum absolute atomic E-state index is 8.81. The van der Waals surface area contributed by atoms with Gasteiger partial charge >= 0.3 is 7.12 Å². The second kappa shape index (κ2) is 14.7. The molecule has 0 fully saturated rings. The molecule has 0 radical (unpaired) electrons. The number of rotatable bonds is 4. The topological polar surface area (TPSA) is 137 Å². The highest BCUT2D eigenvalue weighted by molar-refractivity contribution is 14.1. The summed E-state index contributed by atoms with van der Waals surface area (Å²) in [5.41, 5.74) is 13.3. The first kappa shape index (κ1) is 29.5. The maximum Gasteiger partial charge on any atom is 0.492 e. The molecule has 6 N–H and O–H groups in total. The first-order chi connectivity index (χ1) is 17.2. The minimum atomic E-state index is -1.47. The minimum Gasteiger partial charge on any atom is -0.497 e. The molecule has 0 amide bonds. The summed E-state index contributed by atoms with van der Waals surface area (Å²) in [6, 6.07) is 17.9. The van der Waals surface area contributed by atoms with Gasteiger partial charge in [0.15, 0.2) is 0 Å². The molecule has 0 aliphatic rings. The van der Waals surface area contributed by atoms with Crippen LogP contribution in [0.4, 0.5) is 11.6 Å². The number of nitrogen functional groups attached to an aromatic ring is 2. The molecule has 0 aliphatic carbocycles. The molecule has 2 aromatic carbocycles. The van der Waals surface area contributed by atoms with Gasteiger partial charge in [-0.2, -0.15) is 0 Å². The molecule has 0 unspecified atom stereocenters. The highest BCUT2D eigenvalue weighted by Crippen LogP contribution is 2.33. The number of hydrogen-bond donors (Lipinski definition) is 4. The van der Waals surface area contributed by atoms with E-state index in [-0.39, 0.29) is 0 Å². The Kier molecular flexibility index (Phi) is 12.0. The standard InChI is InChI=1S/C12H11ClN2O.C7H9BO3.C5H4ClIN2/c1-16-11-5-3-2-4-9(11)10-6-8(13)7-15-12(10)14;1-11-7-5-3-2-4-6(7)8(9)10;6-3-1-4(7)5(8)9-2-3/h2-7H,1H3,(H2,14,15);2-5,9-10H,1H3;1-2H,(H2,8,9). The number of para-hydroxylation sites is 2. The zero-order valence-corrected chi connectivity index (χ0v) is 23.1. The molecular weight excluding hydrogens is 617 g/mol. The largest absolute Gasteiger partial charge is 0.497 e. The Labute approximate surface area is 233 Å². The average molecular weight is 641 g/mol. The van der Waals surface area contributed by atoms with E-state index in [0.29, 0.717) is 32.9 Å². The van der Waals surface area contributed by atoms with Crippen molar-refractivity contribution >= 4 is 70.0 Å². The van der Waals surface area contributed by atoms with Crippen LogP contribution >= 0.6 is 45.8 Å². The number of aromatic nitrogens is 2. The lowest BCUT2D eigenvalue weighted by atomic mass is 9.80. The molecular formula is C24H24BCl2IN4O4. The van der Waals surface area contributed by atoms with Crippen LogP contribution in [0.5, 0.6) is 11.5 Å². The Hall–Kier alpha value is -2.77. The van der Waals surface area contributed by atoms with Crippen LogP contribution in [0.2, 0.25) is 10.0 Å². The van der Waals surface area contributed by atoms with E-state index >= 15 is 0 Å². The summed E-state index contributed by atoms with van der Waals surface area (Å²) in [7, 11) is 1.64. The van der Waals surface area contributed by atoms with E-state index in [2.05, 4.69) is 32.6 Å². The lowest BCUT2D eigenvalue weighted by molar-refractivity contribution is 0.403. The van der Waals surface area contributed by atoms with E-state index in [4.69, 9.17) is 54.2 Å². The summed E-state index contributed by atoms with van der Waals surface area (Å²) >= 11 is 13.6. The van der Waals surface area contributed by atoms with E-state index in [1.807, 2.05) is 24.3 Å². The fourth-order valence-corrected chi connectivity index (χ4v) is 3.81. The van der Waals surface area contributed by atoms with Crippen LogP contribution in [0.1, 0.15) is 0 Å². The third-order valence-corrected chi connectivity index (χ3v) is 5.81. The first-order valence-corrected chi connectivity index (χ1v) is 12.1. The van der Waals surface area contributed by atoms with E-state index in [1.165, 1.54) is 19.5 Å². The minimum absolute atomic E-state index is 0.384. The zero-order chi connectivity index (χ0) is 26.7. The van der Waals surface area contributed by atoms with Gasteiger partial charge in [0, 0.05) is 29.0 Å². The van der Waals surface area contributed by atoms with Gasteiger partial charge < -0.3 is 31.0 Å². The van der Waals surface area contributed by atoms with E-state index in [1.54, 1.807) is 43.5 Å². The lowest BCUT2D eigenvalue weighted by Gasteiger charge is -2.10. The molecule has 0 atom stereocenters. The third kappa shape index (κ3) is 8.72. The second-order valence-corrected chi connectivity index (χ2v) is 8.96. The van der Waals surface area contributed by atoms with E-state index in [0.717, 1.165) is 20.4 Å². The van der Waals surface area contributed by atoms with Crippen molar-refractivity contribution in [3.8, 4) is 22.6 Å². The van der Waals surface area contributed by atoms with Crippen molar-refractivity contribution in [1.29, 1.82) is 0 Å². The molecule has 12 heteroatoms. The van der Waals surface area contributed by atoms with Crippen molar-refractivity contribution in [1.82, 2.24) is 9.97 Å². The van der Waals surface area contributed by atoms with Crippen molar-refractivity contribution in [3.63, 3.8) is 0 Å².